The van der Waals surface area contributed by atoms with E-state index in [1.807, 2.05) is 6.20 Å². The summed E-state index contributed by atoms with van der Waals surface area (Å²) in [5.41, 5.74) is 5.74. The zero-order valence-corrected chi connectivity index (χ0v) is 11.2. The van der Waals surface area contributed by atoms with Crippen LogP contribution in [0, 0.1) is 5.41 Å². The van der Waals surface area contributed by atoms with Gasteiger partial charge in [-0.3, -0.25) is 4.90 Å². The van der Waals surface area contributed by atoms with E-state index in [1.165, 1.54) is 11.3 Å². The summed E-state index contributed by atoms with van der Waals surface area (Å²) in [5.74, 6) is 0. The van der Waals surface area contributed by atoms with Gasteiger partial charge in [-0.1, -0.05) is 6.92 Å². The van der Waals surface area contributed by atoms with Crippen molar-refractivity contribution in [3.63, 3.8) is 0 Å². The first kappa shape index (κ1) is 12.8. The van der Waals surface area contributed by atoms with E-state index < -0.39 is 0 Å². The maximum atomic E-state index is 9.57. The molecule has 2 rings (SSSR count). The number of aliphatic hydroxyl groups is 1. The van der Waals surface area contributed by atoms with Crippen molar-refractivity contribution >= 4 is 16.5 Å². The minimum atomic E-state index is 0.106. The molecule has 1 unspecified atom stereocenters. The lowest BCUT2D eigenvalue weighted by atomic mass is 9.78. The lowest BCUT2D eigenvalue weighted by Crippen LogP contribution is -2.44. The van der Waals surface area contributed by atoms with E-state index in [9.17, 15) is 5.11 Å². The fourth-order valence-electron chi connectivity index (χ4n) is 2.59. The van der Waals surface area contributed by atoms with E-state index in [2.05, 4.69) is 16.8 Å². The smallest absolute Gasteiger partial charge is 0.180 e. The van der Waals surface area contributed by atoms with Gasteiger partial charge in [0.15, 0.2) is 5.13 Å². The Labute approximate surface area is 106 Å². The molecule has 2 heterocycles. The molecule has 0 spiro atoms. The fraction of sp³-hybridized carbons (Fsp3) is 0.750. The number of nitrogen functional groups attached to an aromatic ring is 1. The van der Waals surface area contributed by atoms with Crippen LogP contribution in [0.4, 0.5) is 5.13 Å². The topological polar surface area (TPSA) is 62.4 Å². The average Bonchev–Trinajstić information content (AvgIpc) is 2.75. The molecule has 17 heavy (non-hydrogen) atoms. The lowest BCUT2D eigenvalue weighted by Gasteiger charge is -2.41. The van der Waals surface area contributed by atoms with Crippen LogP contribution in [-0.2, 0) is 6.54 Å². The minimum absolute atomic E-state index is 0.106. The monoisotopic (exact) mass is 255 g/mol. The van der Waals surface area contributed by atoms with Gasteiger partial charge in [0, 0.05) is 36.2 Å². The summed E-state index contributed by atoms with van der Waals surface area (Å²) in [6, 6.07) is 0. The number of nitrogens with two attached hydrogens (primary N) is 1. The summed E-state index contributed by atoms with van der Waals surface area (Å²) in [5, 5.41) is 10.2. The van der Waals surface area contributed by atoms with Crippen molar-refractivity contribution in [2.24, 2.45) is 5.41 Å². The number of rotatable bonds is 4. The molecule has 5 heteroatoms. The molecule has 1 fully saturated rings. The van der Waals surface area contributed by atoms with Crippen LogP contribution in [-0.4, -0.2) is 34.7 Å². The number of nitrogens with zero attached hydrogens (tertiary/aromatic N) is 2. The number of aromatic nitrogens is 1. The first-order valence-corrected chi connectivity index (χ1v) is 7.02. The van der Waals surface area contributed by atoms with Gasteiger partial charge in [0.2, 0.25) is 0 Å². The van der Waals surface area contributed by atoms with E-state index in [0.717, 1.165) is 32.5 Å². The molecule has 0 aliphatic carbocycles. The second-order valence-electron chi connectivity index (χ2n) is 4.99. The maximum absolute atomic E-state index is 9.57. The van der Waals surface area contributed by atoms with Gasteiger partial charge in [0.25, 0.3) is 0 Å². The summed E-state index contributed by atoms with van der Waals surface area (Å²) in [4.78, 5) is 7.71. The molecule has 1 atom stereocenters. The Kier molecular flexibility index (Phi) is 4.01. The summed E-state index contributed by atoms with van der Waals surface area (Å²) in [7, 11) is 0. The highest BCUT2D eigenvalue weighted by atomic mass is 32.1. The van der Waals surface area contributed by atoms with Gasteiger partial charge in [0.05, 0.1) is 0 Å². The van der Waals surface area contributed by atoms with Gasteiger partial charge in [-0.15, -0.1) is 11.3 Å². The Balaban J connectivity index is 1.98. The molecule has 0 aromatic carbocycles. The van der Waals surface area contributed by atoms with Crippen LogP contribution in [0.15, 0.2) is 6.20 Å². The van der Waals surface area contributed by atoms with Crippen LogP contribution >= 0.6 is 11.3 Å². The Morgan fingerprint density at radius 3 is 3.06 bits per heavy atom. The van der Waals surface area contributed by atoms with Gasteiger partial charge in [-0.2, -0.15) is 0 Å². The van der Waals surface area contributed by atoms with E-state index in [4.69, 9.17) is 5.73 Å². The Bertz CT molecular complexity index is 362. The molecule has 1 aromatic heterocycles. The Hall–Kier alpha value is -0.650. The summed E-state index contributed by atoms with van der Waals surface area (Å²) in [6.45, 7) is 5.48. The van der Waals surface area contributed by atoms with Crippen molar-refractivity contribution in [3.8, 4) is 0 Å². The SMILES string of the molecule is CCC1(CO)CCCN(Cc2cnc(N)s2)C1. The van der Waals surface area contributed by atoms with E-state index in [1.54, 1.807) is 11.3 Å². The molecule has 0 amide bonds. The van der Waals surface area contributed by atoms with Gasteiger partial charge >= 0.3 is 0 Å². The molecule has 4 nitrogen and oxygen atoms in total. The molecule has 0 bridgehead atoms. The van der Waals surface area contributed by atoms with Crippen LogP contribution in [0.2, 0.25) is 0 Å². The highest BCUT2D eigenvalue weighted by molar-refractivity contribution is 7.15. The molecular formula is C12H21N3OS. The van der Waals surface area contributed by atoms with Crippen molar-refractivity contribution in [2.45, 2.75) is 32.7 Å². The molecule has 1 aromatic rings. The normalized spacial score (nSPS) is 26.2. The zero-order chi connectivity index (χ0) is 12.3. The number of likely N-dealkylation sites (tertiary alicyclic amines) is 1. The standard InChI is InChI=1S/C12H21N3OS/c1-2-12(9-16)4-3-5-15(8-12)7-10-6-14-11(13)17-10/h6,16H,2-5,7-9H2,1H3,(H2,13,14). The Morgan fingerprint density at radius 1 is 1.65 bits per heavy atom. The van der Waals surface area contributed by atoms with Crippen LogP contribution < -0.4 is 5.73 Å². The van der Waals surface area contributed by atoms with Crippen LogP contribution in [0.5, 0.6) is 0 Å². The second kappa shape index (κ2) is 5.33. The van der Waals surface area contributed by atoms with Gasteiger partial charge in [-0.05, 0) is 25.8 Å². The molecule has 96 valence electrons. The predicted octanol–water partition coefficient (Wildman–Crippen LogP) is 1.71. The summed E-state index contributed by atoms with van der Waals surface area (Å²) >= 11 is 1.56. The van der Waals surface area contributed by atoms with Crippen molar-refractivity contribution in [1.82, 2.24) is 9.88 Å². The lowest BCUT2D eigenvalue weighted by molar-refractivity contribution is 0.0262. The van der Waals surface area contributed by atoms with Gasteiger partial charge < -0.3 is 10.8 Å². The van der Waals surface area contributed by atoms with E-state index in [-0.39, 0.29) is 5.41 Å². The number of thiazole rings is 1. The zero-order valence-electron chi connectivity index (χ0n) is 10.4. The average molecular weight is 255 g/mol. The van der Waals surface area contributed by atoms with Crippen molar-refractivity contribution in [2.75, 3.05) is 25.4 Å². The fourth-order valence-corrected chi connectivity index (χ4v) is 3.32. The van der Waals surface area contributed by atoms with Crippen LogP contribution in [0.3, 0.4) is 0 Å². The highest BCUT2D eigenvalue weighted by Gasteiger charge is 2.33. The van der Waals surface area contributed by atoms with Crippen LogP contribution in [0.25, 0.3) is 0 Å². The summed E-state index contributed by atoms with van der Waals surface area (Å²) < 4.78 is 0. The second-order valence-corrected chi connectivity index (χ2v) is 6.14. The number of hydrogen-bond acceptors (Lipinski definition) is 5. The number of aliphatic hydroxyl groups excluding tert-OH is 1. The largest absolute Gasteiger partial charge is 0.396 e. The number of piperidine rings is 1. The third-order valence-corrected chi connectivity index (χ3v) is 4.59. The predicted molar refractivity (Wildman–Crippen MR) is 70.8 cm³/mol. The molecule has 1 aliphatic heterocycles. The molecule has 3 N–H and O–H groups in total. The first-order valence-electron chi connectivity index (χ1n) is 6.21. The highest BCUT2D eigenvalue weighted by Crippen LogP contribution is 2.33. The van der Waals surface area contributed by atoms with E-state index >= 15 is 0 Å². The minimum Gasteiger partial charge on any atom is -0.396 e. The third kappa shape index (κ3) is 2.97. The molecule has 0 radical (unpaired) electrons. The van der Waals surface area contributed by atoms with Gasteiger partial charge in [0.1, 0.15) is 0 Å². The van der Waals surface area contributed by atoms with Crippen molar-refractivity contribution in [1.29, 1.82) is 0 Å². The molecule has 1 saturated heterocycles. The molecular weight excluding hydrogens is 234 g/mol. The van der Waals surface area contributed by atoms with Crippen molar-refractivity contribution in [3.05, 3.63) is 11.1 Å². The third-order valence-electron chi connectivity index (χ3n) is 3.78. The first-order chi connectivity index (χ1) is 8.17. The molecule has 0 saturated carbocycles. The van der Waals surface area contributed by atoms with Gasteiger partial charge in [-0.25, -0.2) is 4.98 Å². The Morgan fingerprint density at radius 2 is 2.47 bits per heavy atom. The molecule has 1 aliphatic rings. The summed E-state index contributed by atoms with van der Waals surface area (Å²) in [6.07, 6.45) is 5.22. The number of hydrogen-bond donors (Lipinski definition) is 2. The number of anilines is 1. The maximum Gasteiger partial charge on any atom is 0.180 e. The van der Waals surface area contributed by atoms with Crippen LogP contribution in [0.1, 0.15) is 31.1 Å². The van der Waals surface area contributed by atoms with E-state index in [0.29, 0.717) is 11.7 Å². The van der Waals surface area contributed by atoms with Crippen molar-refractivity contribution < 1.29 is 5.11 Å². The quantitative estimate of drug-likeness (QED) is 0.860.